The summed E-state index contributed by atoms with van der Waals surface area (Å²) >= 11 is 0. The van der Waals surface area contributed by atoms with Gasteiger partial charge in [0.2, 0.25) is 10.0 Å². The molecule has 0 radical (unpaired) electrons. The zero-order valence-corrected chi connectivity index (χ0v) is 14.5. The van der Waals surface area contributed by atoms with Crippen molar-refractivity contribution in [2.24, 2.45) is 0 Å². The smallest absolute Gasteiger partial charge is 0.241 e. The van der Waals surface area contributed by atoms with E-state index in [0.717, 1.165) is 12.1 Å². The van der Waals surface area contributed by atoms with Crippen molar-refractivity contribution in [3.63, 3.8) is 0 Å². The van der Waals surface area contributed by atoms with Gasteiger partial charge in [0, 0.05) is 23.0 Å². The number of nitrogens with one attached hydrogen (secondary N) is 1. The molecule has 0 fully saturated rings. The zero-order valence-electron chi connectivity index (χ0n) is 12.9. The highest BCUT2D eigenvalue weighted by molar-refractivity contribution is 7.89. The molecule has 0 bridgehead atoms. The third kappa shape index (κ3) is 3.89. The second-order valence-corrected chi connectivity index (χ2v) is 7.01. The monoisotopic (exact) mass is 384 g/mol. The van der Waals surface area contributed by atoms with Crippen molar-refractivity contribution >= 4 is 38.9 Å². The fourth-order valence-corrected chi connectivity index (χ4v) is 3.68. The predicted molar refractivity (Wildman–Crippen MR) is 96.0 cm³/mol. The SMILES string of the molecule is Cl.Nc1cccc2c(S(=O)(=O)NCc3ccc(F)c(F)c3)cccc12. The summed E-state index contributed by atoms with van der Waals surface area (Å²) < 4.78 is 53.7. The van der Waals surface area contributed by atoms with E-state index in [9.17, 15) is 17.2 Å². The topological polar surface area (TPSA) is 72.2 Å². The van der Waals surface area contributed by atoms with Crippen LogP contribution < -0.4 is 10.5 Å². The van der Waals surface area contributed by atoms with E-state index in [4.69, 9.17) is 5.73 Å². The van der Waals surface area contributed by atoms with E-state index in [1.165, 1.54) is 12.1 Å². The number of benzene rings is 3. The Morgan fingerprint density at radius 2 is 1.60 bits per heavy atom. The first-order valence-corrected chi connectivity index (χ1v) is 8.57. The molecule has 0 heterocycles. The van der Waals surface area contributed by atoms with Gasteiger partial charge in [-0.15, -0.1) is 12.4 Å². The maximum Gasteiger partial charge on any atom is 0.241 e. The molecular weight excluding hydrogens is 370 g/mol. The van der Waals surface area contributed by atoms with Crippen molar-refractivity contribution in [2.45, 2.75) is 11.4 Å². The minimum atomic E-state index is -3.85. The fraction of sp³-hybridized carbons (Fsp3) is 0.0588. The standard InChI is InChI=1S/C17H14F2N2O2S.ClH/c18-14-8-7-11(9-15(14)19)10-21-24(22,23)17-6-2-3-12-13(17)4-1-5-16(12)20;/h1-9,21H,10,20H2;1H. The molecule has 3 rings (SSSR count). The van der Waals surface area contributed by atoms with E-state index in [1.54, 1.807) is 30.3 Å². The molecule has 0 aliphatic heterocycles. The van der Waals surface area contributed by atoms with Crippen molar-refractivity contribution in [3.05, 3.63) is 71.8 Å². The molecule has 0 spiro atoms. The Morgan fingerprint density at radius 3 is 2.32 bits per heavy atom. The molecule has 0 unspecified atom stereocenters. The molecule has 0 amide bonds. The van der Waals surface area contributed by atoms with Gasteiger partial charge in [-0.25, -0.2) is 21.9 Å². The third-order valence-corrected chi connectivity index (χ3v) is 5.12. The van der Waals surface area contributed by atoms with Gasteiger partial charge in [-0.1, -0.05) is 30.3 Å². The lowest BCUT2D eigenvalue weighted by Crippen LogP contribution is -2.23. The minimum absolute atomic E-state index is 0. The van der Waals surface area contributed by atoms with Gasteiger partial charge >= 0.3 is 0 Å². The Hall–Kier alpha value is -2.22. The quantitative estimate of drug-likeness (QED) is 0.675. The predicted octanol–water partition coefficient (Wildman–Crippen LogP) is 3.60. The molecule has 3 aromatic carbocycles. The van der Waals surface area contributed by atoms with Gasteiger partial charge in [-0.05, 0) is 29.8 Å². The Balaban J connectivity index is 0.00000225. The number of sulfonamides is 1. The maximum atomic E-state index is 13.2. The van der Waals surface area contributed by atoms with E-state index in [2.05, 4.69) is 4.72 Å². The van der Waals surface area contributed by atoms with Gasteiger partial charge in [0.1, 0.15) is 0 Å². The molecule has 25 heavy (non-hydrogen) atoms. The molecule has 0 saturated heterocycles. The summed E-state index contributed by atoms with van der Waals surface area (Å²) in [6, 6.07) is 13.1. The van der Waals surface area contributed by atoms with Crippen LogP contribution in [0.5, 0.6) is 0 Å². The summed E-state index contributed by atoms with van der Waals surface area (Å²) in [6.07, 6.45) is 0. The van der Waals surface area contributed by atoms with Gasteiger partial charge in [-0.3, -0.25) is 0 Å². The summed E-state index contributed by atoms with van der Waals surface area (Å²) in [4.78, 5) is 0.0786. The highest BCUT2D eigenvalue weighted by Crippen LogP contribution is 2.27. The molecule has 8 heteroatoms. The number of nitrogens with two attached hydrogens (primary N) is 1. The van der Waals surface area contributed by atoms with Crippen molar-refractivity contribution in [2.75, 3.05) is 5.73 Å². The van der Waals surface area contributed by atoms with Crippen molar-refractivity contribution in [1.29, 1.82) is 0 Å². The minimum Gasteiger partial charge on any atom is -0.398 e. The lowest BCUT2D eigenvalue weighted by Gasteiger charge is -2.11. The average molecular weight is 385 g/mol. The molecule has 3 N–H and O–H groups in total. The Labute approximate surface area is 150 Å². The van der Waals surface area contributed by atoms with Crippen LogP contribution in [0.4, 0.5) is 14.5 Å². The van der Waals surface area contributed by atoms with Crippen LogP contribution in [0.25, 0.3) is 10.8 Å². The second kappa shape index (κ2) is 7.35. The van der Waals surface area contributed by atoms with Crippen LogP contribution in [0.3, 0.4) is 0 Å². The summed E-state index contributed by atoms with van der Waals surface area (Å²) in [5.41, 5.74) is 6.67. The van der Waals surface area contributed by atoms with E-state index in [1.807, 2.05) is 0 Å². The summed E-state index contributed by atoms with van der Waals surface area (Å²) in [6.45, 7) is -0.155. The van der Waals surface area contributed by atoms with E-state index in [-0.39, 0.29) is 23.8 Å². The summed E-state index contributed by atoms with van der Waals surface area (Å²) in [7, 11) is -3.85. The Morgan fingerprint density at radius 1 is 0.920 bits per heavy atom. The zero-order chi connectivity index (χ0) is 17.3. The van der Waals surface area contributed by atoms with Gasteiger partial charge in [0.05, 0.1) is 4.90 Å². The summed E-state index contributed by atoms with van der Waals surface area (Å²) in [5, 5.41) is 1.13. The third-order valence-electron chi connectivity index (χ3n) is 3.66. The molecule has 132 valence electrons. The maximum absolute atomic E-state index is 13.2. The first-order valence-electron chi connectivity index (χ1n) is 7.09. The van der Waals surface area contributed by atoms with E-state index in [0.29, 0.717) is 22.0 Å². The number of hydrogen-bond acceptors (Lipinski definition) is 3. The highest BCUT2D eigenvalue weighted by atomic mass is 35.5. The van der Waals surface area contributed by atoms with Crippen molar-refractivity contribution < 1.29 is 17.2 Å². The number of hydrogen-bond donors (Lipinski definition) is 2. The van der Waals surface area contributed by atoms with Gasteiger partial charge < -0.3 is 5.73 Å². The number of anilines is 1. The van der Waals surface area contributed by atoms with Crippen LogP contribution in [0.1, 0.15) is 5.56 Å². The number of fused-ring (bicyclic) bond motifs is 1. The van der Waals surface area contributed by atoms with Crippen LogP contribution in [-0.4, -0.2) is 8.42 Å². The molecule has 3 aromatic rings. The van der Waals surface area contributed by atoms with Crippen LogP contribution >= 0.6 is 12.4 Å². The fourth-order valence-electron chi connectivity index (χ4n) is 2.45. The van der Waals surface area contributed by atoms with Crippen LogP contribution in [0, 0.1) is 11.6 Å². The normalized spacial score (nSPS) is 11.3. The Kier molecular flexibility index (Phi) is 5.62. The molecule has 0 atom stereocenters. The first kappa shape index (κ1) is 19.1. The molecule has 0 aromatic heterocycles. The average Bonchev–Trinajstić information content (AvgIpc) is 2.56. The molecule has 0 aliphatic rings. The van der Waals surface area contributed by atoms with E-state index >= 15 is 0 Å². The van der Waals surface area contributed by atoms with Gasteiger partial charge in [0.25, 0.3) is 0 Å². The van der Waals surface area contributed by atoms with Gasteiger partial charge in [-0.2, -0.15) is 0 Å². The Bertz CT molecular complexity index is 1030. The van der Waals surface area contributed by atoms with Crippen molar-refractivity contribution in [1.82, 2.24) is 4.72 Å². The lowest BCUT2D eigenvalue weighted by atomic mass is 10.1. The van der Waals surface area contributed by atoms with E-state index < -0.39 is 21.7 Å². The highest BCUT2D eigenvalue weighted by Gasteiger charge is 2.17. The molecule has 0 saturated carbocycles. The second-order valence-electron chi connectivity index (χ2n) is 5.27. The first-order chi connectivity index (χ1) is 11.4. The van der Waals surface area contributed by atoms with Crippen LogP contribution in [0.15, 0.2) is 59.5 Å². The van der Waals surface area contributed by atoms with Crippen LogP contribution in [-0.2, 0) is 16.6 Å². The summed E-state index contributed by atoms with van der Waals surface area (Å²) in [5.74, 6) is -2.00. The lowest BCUT2D eigenvalue weighted by molar-refractivity contribution is 0.506. The molecule has 0 aliphatic carbocycles. The van der Waals surface area contributed by atoms with Gasteiger partial charge in [0.15, 0.2) is 11.6 Å². The number of rotatable bonds is 4. The largest absolute Gasteiger partial charge is 0.398 e. The number of nitrogen functional groups attached to an aromatic ring is 1. The molecule has 4 nitrogen and oxygen atoms in total. The molecular formula is C17H15ClF2N2O2S. The van der Waals surface area contributed by atoms with Crippen molar-refractivity contribution in [3.8, 4) is 0 Å². The van der Waals surface area contributed by atoms with Crippen LogP contribution in [0.2, 0.25) is 0 Å². The number of halogens is 3.